The van der Waals surface area contributed by atoms with Gasteiger partial charge in [-0.15, -0.1) is 0 Å². The number of halogens is 2. The topological polar surface area (TPSA) is 66.5 Å². The molecule has 0 aliphatic heterocycles. The van der Waals surface area contributed by atoms with Gasteiger partial charge in [0.25, 0.3) is 0 Å². The van der Waals surface area contributed by atoms with Gasteiger partial charge in [0.05, 0.1) is 18.0 Å². The average Bonchev–Trinajstić information content (AvgIpc) is 2.53. The molecule has 1 N–H and O–H groups in total. The maximum atomic E-state index is 12.5. The fourth-order valence-electron chi connectivity index (χ4n) is 2.62. The molecule has 0 radical (unpaired) electrons. The van der Waals surface area contributed by atoms with Crippen LogP contribution >= 0.6 is 23.2 Å². The predicted molar refractivity (Wildman–Crippen MR) is 111 cm³/mol. The van der Waals surface area contributed by atoms with Gasteiger partial charge in [-0.05, 0) is 55.7 Å². The quantitative estimate of drug-likeness (QED) is 0.747. The van der Waals surface area contributed by atoms with Crippen LogP contribution in [0.3, 0.4) is 0 Å². The molecule has 27 heavy (non-hydrogen) atoms. The summed E-state index contributed by atoms with van der Waals surface area (Å²) in [6, 6.07) is 10.1. The van der Waals surface area contributed by atoms with E-state index in [4.69, 9.17) is 23.2 Å². The normalized spacial score (nSPS) is 12.5. The van der Waals surface area contributed by atoms with Crippen molar-refractivity contribution in [1.82, 2.24) is 5.32 Å². The third-order valence-corrected chi connectivity index (χ3v) is 5.81. The summed E-state index contributed by atoms with van der Waals surface area (Å²) >= 11 is 11.9. The van der Waals surface area contributed by atoms with Crippen LogP contribution in [0.2, 0.25) is 10.0 Å². The summed E-state index contributed by atoms with van der Waals surface area (Å²) in [7, 11) is -3.70. The Hall–Kier alpha value is -1.76. The van der Waals surface area contributed by atoms with Gasteiger partial charge >= 0.3 is 0 Å². The summed E-state index contributed by atoms with van der Waals surface area (Å²) in [4.78, 5) is 12.5. The van der Waals surface area contributed by atoms with Crippen LogP contribution in [-0.2, 0) is 14.8 Å². The summed E-state index contributed by atoms with van der Waals surface area (Å²) in [5.74, 6) is -0.428. The van der Waals surface area contributed by atoms with Crippen molar-refractivity contribution in [2.45, 2.75) is 26.8 Å². The number of hydrogen-bond donors (Lipinski definition) is 1. The molecule has 2 rings (SSSR count). The van der Waals surface area contributed by atoms with E-state index in [9.17, 15) is 13.2 Å². The van der Waals surface area contributed by atoms with E-state index in [1.165, 1.54) is 23.8 Å². The molecule has 2 aromatic rings. The molecule has 2 aromatic carbocycles. The first-order chi connectivity index (χ1) is 12.5. The monoisotopic (exact) mass is 428 g/mol. The van der Waals surface area contributed by atoms with E-state index in [0.717, 1.165) is 21.7 Å². The average molecular weight is 429 g/mol. The Kier molecular flexibility index (Phi) is 6.78. The molecule has 0 fully saturated rings. The highest BCUT2D eigenvalue weighted by Gasteiger charge is 2.22. The van der Waals surface area contributed by atoms with Crippen LogP contribution in [0, 0.1) is 13.8 Å². The lowest BCUT2D eigenvalue weighted by atomic mass is 10.0. The zero-order valence-corrected chi connectivity index (χ0v) is 17.9. The van der Waals surface area contributed by atoms with Gasteiger partial charge < -0.3 is 5.32 Å². The first kappa shape index (κ1) is 21.5. The Bertz CT molecular complexity index is 941. The molecule has 8 heteroatoms. The fraction of sp³-hybridized carbons (Fsp3) is 0.316. The van der Waals surface area contributed by atoms with Crippen molar-refractivity contribution in [3.05, 3.63) is 63.1 Å². The lowest BCUT2D eigenvalue weighted by molar-refractivity contribution is -0.120. The Labute approximate surface area is 170 Å². The van der Waals surface area contributed by atoms with Gasteiger partial charge in [0.2, 0.25) is 15.9 Å². The highest BCUT2D eigenvalue weighted by molar-refractivity contribution is 7.92. The Balaban J connectivity index is 2.20. The largest absolute Gasteiger partial charge is 0.348 e. The van der Waals surface area contributed by atoms with Gasteiger partial charge in [-0.25, -0.2) is 8.42 Å². The minimum atomic E-state index is -3.70. The number of carbonyl (C=O) groups is 1. The van der Waals surface area contributed by atoms with Crippen LogP contribution in [0.4, 0.5) is 5.69 Å². The summed E-state index contributed by atoms with van der Waals surface area (Å²) in [5.41, 5.74) is 3.48. The van der Waals surface area contributed by atoms with E-state index < -0.39 is 15.9 Å². The van der Waals surface area contributed by atoms with Gasteiger partial charge in [-0.1, -0.05) is 41.4 Å². The predicted octanol–water partition coefficient (Wildman–Crippen LogP) is 4.25. The molecular formula is C19H22Cl2N2O3S. The van der Waals surface area contributed by atoms with E-state index in [1.54, 1.807) is 0 Å². The van der Waals surface area contributed by atoms with Crippen LogP contribution in [0.5, 0.6) is 0 Å². The lowest BCUT2D eigenvalue weighted by Crippen LogP contribution is -2.41. The number of aryl methyl sites for hydroxylation is 2. The van der Waals surface area contributed by atoms with E-state index >= 15 is 0 Å². The zero-order chi connectivity index (χ0) is 20.4. The highest BCUT2D eigenvalue weighted by atomic mass is 35.5. The molecule has 0 aliphatic carbocycles. The Morgan fingerprint density at radius 3 is 2.19 bits per heavy atom. The van der Waals surface area contributed by atoms with Crippen molar-refractivity contribution in [3.63, 3.8) is 0 Å². The van der Waals surface area contributed by atoms with Crippen LogP contribution < -0.4 is 9.62 Å². The second-order valence-electron chi connectivity index (χ2n) is 6.53. The molecule has 0 bridgehead atoms. The first-order valence-corrected chi connectivity index (χ1v) is 10.9. The second kappa shape index (κ2) is 8.50. The van der Waals surface area contributed by atoms with Gasteiger partial charge in [0, 0.05) is 10.0 Å². The van der Waals surface area contributed by atoms with Gasteiger partial charge in [-0.3, -0.25) is 9.10 Å². The number of nitrogens with one attached hydrogen (secondary N) is 1. The van der Waals surface area contributed by atoms with Crippen molar-refractivity contribution < 1.29 is 13.2 Å². The fourth-order valence-corrected chi connectivity index (χ4v) is 3.97. The molecular weight excluding hydrogens is 407 g/mol. The third kappa shape index (κ3) is 5.86. The lowest BCUT2D eigenvalue weighted by Gasteiger charge is -2.24. The number of anilines is 1. The number of nitrogens with zero attached hydrogens (tertiary/aromatic N) is 1. The minimum Gasteiger partial charge on any atom is -0.348 e. The summed E-state index contributed by atoms with van der Waals surface area (Å²) < 4.78 is 25.4. The van der Waals surface area contributed by atoms with Crippen LogP contribution in [-0.4, -0.2) is 27.1 Å². The van der Waals surface area contributed by atoms with Crippen molar-refractivity contribution >= 4 is 44.8 Å². The van der Waals surface area contributed by atoms with E-state index in [0.29, 0.717) is 0 Å². The maximum absolute atomic E-state index is 12.5. The maximum Gasteiger partial charge on any atom is 0.241 e. The molecule has 1 amide bonds. The number of sulfonamides is 1. The molecule has 0 aliphatic rings. The minimum absolute atomic E-state index is 0.240. The number of hydrogen-bond acceptors (Lipinski definition) is 3. The number of rotatable bonds is 6. The summed E-state index contributed by atoms with van der Waals surface area (Å²) in [6.45, 7) is 5.50. The van der Waals surface area contributed by atoms with Crippen LogP contribution in [0.25, 0.3) is 0 Å². The van der Waals surface area contributed by atoms with Crippen molar-refractivity contribution in [1.29, 1.82) is 0 Å². The highest BCUT2D eigenvalue weighted by Crippen LogP contribution is 2.27. The van der Waals surface area contributed by atoms with Gasteiger partial charge in [0.15, 0.2) is 0 Å². The molecule has 0 saturated heterocycles. The number of benzene rings is 2. The molecule has 0 spiro atoms. The number of carbonyl (C=O) groups excluding carboxylic acids is 1. The molecule has 0 saturated carbocycles. The molecule has 5 nitrogen and oxygen atoms in total. The Morgan fingerprint density at radius 2 is 1.67 bits per heavy atom. The van der Waals surface area contributed by atoms with E-state index in [1.807, 2.05) is 39.0 Å². The smallest absolute Gasteiger partial charge is 0.241 e. The first-order valence-electron chi connectivity index (χ1n) is 8.27. The van der Waals surface area contributed by atoms with Crippen molar-refractivity contribution in [2.75, 3.05) is 17.1 Å². The molecule has 146 valence electrons. The van der Waals surface area contributed by atoms with E-state index in [2.05, 4.69) is 5.32 Å². The third-order valence-electron chi connectivity index (χ3n) is 4.23. The molecule has 0 heterocycles. The van der Waals surface area contributed by atoms with Crippen LogP contribution in [0.1, 0.15) is 29.7 Å². The van der Waals surface area contributed by atoms with Crippen molar-refractivity contribution in [3.8, 4) is 0 Å². The van der Waals surface area contributed by atoms with E-state index in [-0.39, 0.29) is 28.3 Å². The summed E-state index contributed by atoms with van der Waals surface area (Å²) in [6.07, 6.45) is 1.03. The second-order valence-corrected chi connectivity index (χ2v) is 9.31. The van der Waals surface area contributed by atoms with Crippen LogP contribution in [0.15, 0.2) is 36.4 Å². The Morgan fingerprint density at radius 1 is 1.07 bits per heavy atom. The van der Waals surface area contributed by atoms with Crippen molar-refractivity contribution in [2.24, 2.45) is 0 Å². The SMILES string of the molecule is Cc1ccc(C(C)NC(=O)CN(c2cc(Cl)cc(Cl)c2)S(C)(=O)=O)cc1C. The van der Waals surface area contributed by atoms with Gasteiger partial charge in [0.1, 0.15) is 6.54 Å². The van der Waals surface area contributed by atoms with Gasteiger partial charge in [-0.2, -0.15) is 0 Å². The standard InChI is InChI=1S/C19H22Cl2N2O3S/c1-12-5-6-15(7-13(12)2)14(3)22-19(24)11-23(27(4,25)26)18-9-16(20)8-17(21)10-18/h5-10,14H,11H2,1-4H3,(H,22,24). The summed E-state index contributed by atoms with van der Waals surface area (Å²) in [5, 5.41) is 3.41. The molecule has 0 aromatic heterocycles. The molecule has 1 atom stereocenters. The number of amides is 1. The molecule has 1 unspecified atom stereocenters. The zero-order valence-electron chi connectivity index (χ0n) is 15.6.